The summed E-state index contributed by atoms with van der Waals surface area (Å²) in [5.41, 5.74) is 1.74. The molecule has 0 bridgehead atoms. The third-order valence-corrected chi connectivity index (χ3v) is 5.12. The zero-order chi connectivity index (χ0) is 17.4. The number of esters is 1. The zero-order valence-corrected chi connectivity index (χ0v) is 14.4. The molecule has 0 spiro atoms. The van der Waals surface area contributed by atoms with Gasteiger partial charge < -0.3 is 4.74 Å². The fraction of sp³-hybridized carbons (Fsp3) is 0.400. The standard InChI is InChI=1S/C20H22N2O3/c1-2-25-20(24)15-8-5-11-21(12-15)13-22-17-10-4-7-14-6-3-9-16(18(14)17)19(22)23/h3-4,6-7,9-10,15H,2,5,8,11-13H2,1H3/t15-/m1/s1. The summed E-state index contributed by atoms with van der Waals surface area (Å²) in [6.45, 7) is 4.31. The topological polar surface area (TPSA) is 49.9 Å². The van der Waals surface area contributed by atoms with Crippen LogP contribution in [0.25, 0.3) is 10.8 Å². The molecule has 5 nitrogen and oxygen atoms in total. The Morgan fingerprint density at radius 1 is 1.24 bits per heavy atom. The second kappa shape index (κ2) is 6.48. The van der Waals surface area contributed by atoms with Crippen LogP contribution in [0.2, 0.25) is 0 Å². The summed E-state index contributed by atoms with van der Waals surface area (Å²) in [7, 11) is 0. The monoisotopic (exact) mass is 338 g/mol. The third-order valence-electron chi connectivity index (χ3n) is 5.12. The predicted molar refractivity (Wildman–Crippen MR) is 96.6 cm³/mol. The number of likely N-dealkylation sites (tertiary alicyclic amines) is 1. The Bertz CT molecular complexity index is 828. The first-order valence-corrected chi connectivity index (χ1v) is 8.91. The molecule has 2 heterocycles. The molecular weight excluding hydrogens is 316 g/mol. The van der Waals surface area contributed by atoms with E-state index in [1.807, 2.05) is 48.2 Å². The number of ether oxygens (including phenoxy) is 1. The van der Waals surface area contributed by atoms with Gasteiger partial charge in [0, 0.05) is 17.5 Å². The first-order chi connectivity index (χ1) is 12.2. The lowest BCUT2D eigenvalue weighted by Crippen LogP contribution is -2.46. The fourth-order valence-electron chi connectivity index (χ4n) is 3.96. The number of rotatable bonds is 4. The van der Waals surface area contributed by atoms with Crippen LogP contribution in [-0.4, -0.2) is 43.1 Å². The molecule has 2 aliphatic heterocycles. The molecule has 5 heteroatoms. The summed E-state index contributed by atoms with van der Waals surface area (Å²) in [5, 5.41) is 2.13. The Kier molecular flexibility index (Phi) is 4.17. The van der Waals surface area contributed by atoms with Gasteiger partial charge in [-0.3, -0.25) is 19.4 Å². The molecule has 0 aromatic heterocycles. The highest BCUT2D eigenvalue weighted by Gasteiger charge is 2.33. The number of carbonyl (C=O) groups is 2. The van der Waals surface area contributed by atoms with Crippen LogP contribution in [0.5, 0.6) is 0 Å². The van der Waals surface area contributed by atoms with Crippen LogP contribution >= 0.6 is 0 Å². The van der Waals surface area contributed by atoms with Crippen LogP contribution in [0, 0.1) is 5.92 Å². The summed E-state index contributed by atoms with van der Waals surface area (Å²) in [6, 6.07) is 11.9. The average molecular weight is 338 g/mol. The number of anilines is 1. The van der Waals surface area contributed by atoms with E-state index in [-0.39, 0.29) is 17.8 Å². The summed E-state index contributed by atoms with van der Waals surface area (Å²) in [5.74, 6) is -0.167. The number of nitrogens with zero attached hydrogens (tertiary/aromatic N) is 2. The van der Waals surface area contributed by atoms with Crippen molar-refractivity contribution in [2.45, 2.75) is 19.8 Å². The quantitative estimate of drug-likeness (QED) is 0.804. The molecule has 0 unspecified atom stereocenters. The lowest BCUT2D eigenvalue weighted by Gasteiger charge is -2.34. The van der Waals surface area contributed by atoms with E-state index in [9.17, 15) is 9.59 Å². The van der Waals surface area contributed by atoms with Crippen molar-refractivity contribution in [2.24, 2.45) is 5.92 Å². The highest BCUT2D eigenvalue weighted by Crippen LogP contribution is 2.37. The van der Waals surface area contributed by atoms with Gasteiger partial charge in [0.05, 0.1) is 24.9 Å². The maximum absolute atomic E-state index is 12.9. The Morgan fingerprint density at radius 3 is 2.84 bits per heavy atom. The van der Waals surface area contributed by atoms with Crippen molar-refractivity contribution in [1.29, 1.82) is 0 Å². The Labute approximate surface area is 147 Å². The van der Waals surface area contributed by atoms with E-state index >= 15 is 0 Å². The van der Waals surface area contributed by atoms with Crippen LogP contribution in [0.15, 0.2) is 36.4 Å². The van der Waals surface area contributed by atoms with Gasteiger partial charge in [-0.05, 0) is 43.8 Å². The Hall–Kier alpha value is -2.40. The van der Waals surface area contributed by atoms with E-state index in [0.29, 0.717) is 19.8 Å². The largest absolute Gasteiger partial charge is 0.466 e. The summed E-state index contributed by atoms with van der Waals surface area (Å²) in [6.07, 6.45) is 1.81. The molecule has 2 aliphatic rings. The molecule has 1 atom stereocenters. The van der Waals surface area contributed by atoms with E-state index in [1.165, 1.54) is 0 Å². The molecule has 1 fully saturated rings. The molecule has 4 rings (SSSR count). The summed E-state index contributed by atoms with van der Waals surface area (Å²) in [4.78, 5) is 29.0. The third kappa shape index (κ3) is 2.78. The van der Waals surface area contributed by atoms with Crippen molar-refractivity contribution in [1.82, 2.24) is 4.90 Å². The van der Waals surface area contributed by atoms with Crippen LogP contribution in [0.1, 0.15) is 30.1 Å². The smallest absolute Gasteiger partial charge is 0.310 e. The van der Waals surface area contributed by atoms with Crippen LogP contribution < -0.4 is 4.90 Å². The highest BCUT2D eigenvalue weighted by molar-refractivity contribution is 6.24. The number of hydrogen-bond acceptors (Lipinski definition) is 4. The van der Waals surface area contributed by atoms with E-state index in [0.717, 1.165) is 41.4 Å². The van der Waals surface area contributed by atoms with Gasteiger partial charge in [-0.15, -0.1) is 0 Å². The van der Waals surface area contributed by atoms with E-state index in [2.05, 4.69) is 4.90 Å². The normalized spacial score (nSPS) is 20.3. The van der Waals surface area contributed by atoms with E-state index < -0.39 is 0 Å². The van der Waals surface area contributed by atoms with Crippen LogP contribution in [-0.2, 0) is 9.53 Å². The van der Waals surface area contributed by atoms with E-state index in [1.54, 1.807) is 0 Å². The highest BCUT2D eigenvalue weighted by atomic mass is 16.5. The minimum Gasteiger partial charge on any atom is -0.466 e. The van der Waals surface area contributed by atoms with E-state index in [4.69, 9.17) is 4.74 Å². The maximum atomic E-state index is 12.9. The SMILES string of the molecule is CCOC(=O)[C@@H]1CCCN(CN2C(=O)c3cccc4cccc2c34)C1. The van der Waals surface area contributed by atoms with Crippen LogP contribution in [0.3, 0.4) is 0 Å². The summed E-state index contributed by atoms with van der Waals surface area (Å²) < 4.78 is 5.17. The number of hydrogen-bond donors (Lipinski definition) is 0. The van der Waals surface area contributed by atoms with Crippen molar-refractivity contribution >= 4 is 28.3 Å². The van der Waals surface area contributed by atoms with Crippen molar-refractivity contribution in [2.75, 3.05) is 31.3 Å². The molecule has 0 N–H and O–H groups in total. The summed E-state index contributed by atoms with van der Waals surface area (Å²) >= 11 is 0. The van der Waals surface area contributed by atoms with Gasteiger partial charge in [-0.1, -0.05) is 24.3 Å². The van der Waals surface area contributed by atoms with Crippen molar-refractivity contribution in [3.05, 3.63) is 42.0 Å². The molecule has 25 heavy (non-hydrogen) atoms. The lowest BCUT2D eigenvalue weighted by molar-refractivity contribution is -0.149. The molecule has 2 aromatic rings. The van der Waals surface area contributed by atoms with Crippen molar-refractivity contribution in [3.8, 4) is 0 Å². The molecular formula is C20H22N2O3. The Morgan fingerprint density at radius 2 is 2.04 bits per heavy atom. The molecule has 0 saturated carbocycles. The predicted octanol–water partition coefficient (Wildman–Crippen LogP) is 3.03. The zero-order valence-electron chi connectivity index (χ0n) is 14.4. The number of benzene rings is 2. The number of amides is 1. The van der Waals surface area contributed by atoms with Crippen molar-refractivity contribution in [3.63, 3.8) is 0 Å². The Balaban J connectivity index is 1.55. The first kappa shape index (κ1) is 16.1. The maximum Gasteiger partial charge on any atom is 0.310 e. The molecule has 2 aromatic carbocycles. The second-order valence-corrected chi connectivity index (χ2v) is 6.72. The minimum atomic E-state index is -0.120. The van der Waals surface area contributed by atoms with Gasteiger partial charge in [0.2, 0.25) is 0 Å². The van der Waals surface area contributed by atoms with Gasteiger partial charge in [0.15, 0.2) is 0 Å². The first-order valence-electron chi connectivity index (χ1n) is 8.91. The molecule has 0 radical (unpaired) electrons. The van der Waals surface area contributed by atoms with Gasteiger partial charge in [0.25, 0.3) is 5.91 Å². The van der Waals surface area contributed by atoms with Gasteiger partial charge in [-0.25, -0.2) is 0 Å². The number of carbonyl (C=O) groups excluding carboxylic acids is 2. The minimum absolute atomic E-state index is 0.0464. The number of piperidine rings is 1. The van der Waals surface area contributed by atoms with Gasteiger partial charge >= 0.3 is 5.97 Å². The fourth-order valence-corrected chi connectivity index (χ4v) is 3.96. The molecule has 1 amide bonds. The van der Waals surface area contributed by atoms with Crippen molar-refractivity contribution < 1.29 is 14.3 Å². The van der Waals surface area contributed by atoms with Crippen LogP contribution in [0.4, 0.5) is 5.69 Å². The van der Waals surface area contributed by atoms with Gasteiger partial charge in [-0.2, -0.15) is 0 Å². The van der Waals surface area contributed by atoms with Gasteiger partial charge in [0.1, 0.15) is 0 Å². The molecule has 1 saturated heterocycles. The average Bonchev–Trinajstić information content (AvgIpc) is 2.90. The second-order valence-electron chi connectivity index (χ2n) is 6.72. The molecule has 0 aliphatic carbocycles. The lowest BCUT2D eigenvalue weighted by atomic mass is 9.98. The molecule has 130 valence electrons.